The van der Waals surface area contributed by atoms with Gasteiger partial charge in [-0.3, -0.25) is 0 Å². The average Bonchev–Trinajstić information content (AvgIpc) is 2.47. The third-order valence-electron chi connectivity index (χ3n) is 3.43. The molecule has 21 heavy (non-hydrogen) atoms. The first-order chi connectivity index (χ1) is 10.0. The maximum Gasteiger partial charge on any atom is 0.186 e. The number of hydrogen-bond donors (Lipinski definition) is 5. The molecule has 8 heteroatoms. The topological polar surface area (TPSA) is 121 Å². The fourth-order valence-electron chi connectivity index (χ4n) is 2.26. The van der Waals surface area contributed by atoms with E-state index in [1.165, 1.54) is 7.11 Å². The van der Waals surface area contributed by atoms with Gasteiger partial charge in [0.25, 0.3) is 0 Å². The van der Waals surface area contributed by atoms with Crippen LogP contribution in [0.2, 0.25) is 0 Å². The van der Waals surface area contributed by atoms with Gasteiger partial charge in [-0.15, -0.1) is 0 Å². The molecule has 0 radical (unpaired) electrons. The van der Waals surface area contributed by atoms with E-state index in [2.05, 4.69) is 5.32 Å². The molecule has 126 valence electrons. The summed E-state index contributed by atoms with van der Waals surface area (Å²) >= 11 is 0. The van der Waals surface area contributed by atoms with Gasteiger partial charge >= 0.3 is 0 Å². The van der Waals surface area contributed by atoms with E-state index in [-0.39, 0.29) is 19.8 Å². The second kappa shape index (κ2) is 9.65. The Kier molecular flexibility index (Phi) is 8.60. The van der Waals surface area contributed by atoms with Crippen molar-refractivity contribution < 1.29 is 34.6 Å². The molecule has 1 rings (SSSR count). The average molecular weight is 309 g/mol. The van der Waals surface area contributed by atoms with Crippen LogP contribution < -0.4 is 5.32 Å². The van der Waals surface area contributed by atoms with Crippen molar-refractivity contribution in [2.24, 2.45) is 0 Å². The second-order valence-electron chi connectivity index (χ2n) is 5.05. The van der Waals surface area contributed by atoms with E-state index in [1.54, 1.807) is 0 Å². The Balaban J connectivity index is 2.49. The minimum Gasteiger partial charge on any atom is -0.395 e. The van der Waals surface area contributed by atoms with Crippen molar-refractivity contribution in [2.45, 2.75) is 50.2 Å². The Hall–Kier alpha value is -0.320. The van der Waals surface area contributed by atoms with Crippen molar-refractivity contribution in [3.63, 3.8) is 0 Å². The molecule has 5 N–H and O–H groups in total. The van der Waals surface area contributed by atoms with Gasteiger partial charge in [0, 0.05) is 20.2 Å². The summed E-state index contributed by atoms with van der Waals surface area (Å²) in [5.41, 5.74) is 0. The molecule has 1 aliphatic heterocycles. The highest BCUT2D eigenvalue weighted by Gasteiger charge is 2.44. The molecule has 1 heterocycles. The highest BCUT2D eigenvalue weighted by atomic mass is 16.7. The Bertz CT molecular complexity index is 265. The molecule has 0 aromatic carbocycles. The second-order valence-corrected chi connectivity index (χ2v) is 5.05. The van der Waals surface area contributed by atoms with Crippen LogP contribution >= 0.6 is 0 Å². The van der Waals surface area contributed by atoms with Crippen molar-refractivity contribution in [3.05, 3.63) is 0 Å². The van der Waals surface area contributed by atoms with E-state index < -0.39 is 36.8 Å². The number of aliphatic hydroxyl groups excluding tert-OH is 4. The van der Waals surface area contributed by atoms with E-state index >= 15 is 0 Å². The van der Waals surface area contributed by atoms with Gasteiger partial charge in [-0.25, -0.2) is 0 Å². The monoisotopic (exact) mass is 309 g/mol. The minimum atomic E-state index is -1.13. The van der Waals surface area contributed by atoms with Gasteiger partial charge in [-0.1, -0.05) is 6.92 Å². The molecule has 0 amide bonds. The normalized spacial score (nSPS) is 34.9. The zero-order valence-corrected chi connectivity index (χ0v) is 12.5. The van der Waals surface area contributed by atoms with Gasteiger partial charge in [-0.2, -0.15) is 0 Å². The first kappa shape index (κ1) is 18.7. The number of hydrogen-bond acceptors (Lipinski definition) is 8. The number of nitrogens with one attached hydrogen (secondary N) is 1. The molecule has 0 aromatic rings. The molecule has 1 aliphatic rings. The van der Waals surface area contributed by atoms with Crippen molar-refractivity contribution in [1.29, 1.82) is 0 Å². The van der Waals surface area contributed by atoms with E-state index in [0.717, 1.165) is 0 Å². The van der Waals surface area contributed by atoms with E-state index in [9.17, 15) is 15.3 Å². The maximum absolute atomic E-state index is 10.1. The fourth-order valence-corrected chi connectivity index (χ4v) is 2.26. The summed E-state index contributed by atoms with van der Waals surface area (Å²) in [6.45, 7) is 2.41. The zero-order chi connectivity index (χ0) is 15.8. The smallest absolute Gasteiger partial charge is 0.186 e. The van der Waals surface area contributed by atoms with Crippen molar-refractivity contribution >= 4 is 0 Å². The summed E-state index contributed by atoms with van der Waals surface area (Å²) in [6.07, 6.45) is -4.63. The van der Waals surface area contributed by atoms with E-state index in [4.69, 9.17) is 19.3 Å². The van der Waals surface area contributed by atoms with E-state index in [1.807, 2.05) is 6.92 Å². The van der Waals surface area contributed by atoms with Crippen molar-refractivity contribution in [3.8, 4) is 0 Å². The van der Waals surface area contributed by atoms with Crippen LogP contribution in [0.3, 0.4) is 0 Å². The number of aliphatic hydroxyl groups is 4. The van der Waals surface area contributed by atoms with Crippen LogP contribution in [-0.4, -0.2) is 90.6 Å². The lowest BCUT2D eigenvalue weighted by atomic mass is 9.97. The van der Waals surface area contributed by atoms with Gasteiger partial charge < -0.3 is 40.0 Å². The molecule has 1 fully saturated rings. The van der Waals surface area contributed by atoms with E-state index in [0.29, 0.717) is 13.0 Å². The van der Waals surface area contributed by atoms with Gasteiger partial charge in [0.05, 0.1) is 25.4 Å². The van der Waals surface area contributed by atoms with Crippen LogP contribution in [0.15, 0.2) is 0 Å². The summed E-state index contributed by atoms with van der Waals surface area (Å²) in [4.78, 5) is 0. The summed E-state index contributed by atoms with van der Waals surface area (Å²) in [5.74, 6) is 0. The Morgan fingerprint density at radius 1 is 1.29 bits per heavy atom. The summed E-state index contributed by atoms with van der Waals surface area (Å²) in [7, 11) is 1.41. The molecule has 0 aromatic heterocycles. The predicted octanol–water partition coefficient (Wildman–Crippen LogP) is -2.18. The molecule has 6 unspecified atom stereocenters. The third kappa shape index (κ3) is 5.42. The summed E-state index contributed by atoms with van der Waals surface area (Å²) in [6, 6.07) is 0. The molecule has 0 aliphatic carbocycles. The van der Waals surface area contributed by atoms with Gasteiger partial charge in [0.2, 0.25) is 0 Å². The Labute approximate surface area is 124 Å². The lowest BCUT2D eigenvalue weighted by molar-refractivity contribution is -0.299. The van der Waals surface area contributed by atoms with Gasteiger partial charge in [-0.05, 0) is 6.42 Å². The highest BCUT2D eigenvalue weighted by Crippen LogP contribution is 2.25. The lowest BCUT2D eigenvalue weighted by Crippen LogP contribution is -2.59. The first-order valence-electron chi connectivity index (χ1n) is 7.20. The molecule has 6 atom stereocenters. The fraction of sp³-hybridized carbons (Fsp3) is 1.00. The zero-order valence-electron chi connectivity index (χ0n) is 12.5. The third-order valence-corrected chi connectivity index (χ3v) is 3.43. The Morgan fingerprint density at radius 2 is 2.00 bits per heavy atom. The highest BCUT2D eigenvalue weighted by molar-refractivity contribution is 4.90. The lowest BCUT2D eigenvalue weighted by Gasteiger charge is -2.41. The first-order valence-corrected chi connectivity index (χ1v) is 7.20. The van der Waals surface area contributed by atoms with Gasteiger partial charge in [0.15, 0.2) is 6.29 Å². The van der Waals surface area contributed by atoms with Crippen LogP contribution in [0.25, 0.3) is 0 Å². The summed E-state index contributed by atoms with van der Waals surface area (Å²) < 4.78 is 15.9. The molecular formula is C13H27NO7. The number of ether oxygens (including phenoxy) is 3. The molecule has 0 saturated carbocycles. The Morgan fingerprint density at radius 3 is 2.57 bits per heavy atom. The van der Waals surface area contributed by atoms with Gasteiger partial charge in [0.1, 0.15) is 18.3 Å². The van der Waals surface area contributed by atoms with Crippen LogP contribution in [0.1, 0.15) is 13.3 Å². The SMILES string of the molecule is CCC1OC(OC)C(O)C(OCC(O)CNCCO)C1O. The van der Waals surface area contributed by atoms with Crippen LogP contribution in [0, 0.1) is 0 Å². The van der Waals surface area contributed by atoms with Crippen LogP contribution in [0.5, 0.6) is 0 Å². The molecule has 0 spiro atoms. The number of rotatable bonds is 9. The van der Waals surface area contributed by atoms with Crippen LogP contribution in [-0.2, 0) is 14.2 Å². The standard InChI is InChI=1S/C13H27NO7/c1-3-9-10(17)12(11(18)13(19-2)21-9)20-7-8(16)6-14-4-5-15/h8-18H,3-7H2,1-2H3. The number of methoxy groups -OCH3 is 1. The summed E-state index contributed by atoms with van der Waals surface area (Å²) in [5, 5.41) is 41.4. The van der Waals surface area contributed by atoms with Crippen molar-refractivity contribution in [2.75, 3.05) is 33.4 Å². The molecule has 1 saturated heterocycles. The van der Waals surface area contributed by atoms with Crippen molar-refractivity contribution in [1.82, 2.24) is 5.32 Å². The quantitative estimate of drug-likeness (QED) is 0.305. The predicted molar refractivity (Wildman–Crippen MR) is 73.7 cm³/mol. The molecule has 0 bridgehead atoms. The largest absolute Gasteiger partial charge is 0.395 e. The van der Waals surface area contributed by atoms with Crippen LogP contribution in [0.4, 0.5) is 0 Å². The molecule has 8 nitrogen and oxygen atoms in total. The minimum absolute atomic E-state index is 0.0152. The maximum atomic E-state index is 10.1. The molecular weight excluding hydrogens is 282 g/mol.